The molecule has 0 amide bonds. The molecule has 0 unspecified atom stereocenters. The van der Waals surface area contributed by atoms with E-state index >= 15 is 0 Å². The van der Waals surface area contributed by atoms with Gasteiger partial charge in [0, 0.05) is 12.6 Å². The smallest absolute Gasteiger partial charge is 0.134 e. The van der Waals surface area contributed by atoms with Gasteiger partial charge in [-0.1, -0.05) is 26.5 Å². The van der Waals surface area contributed by atoms with Crippen LogP contribution < -0.4 is 5.32 Å². The molecule has 17 heavy (non-hydrogen) atoms. The molecule has 0 fully saturated rings. The van der Waals surface area contributed by atoms with Crippen LogP contribution in [0.15, 0.2) is 24.8 Å². The summed E-state index contributed by atoms with van der Waals surface area (Å²) < 4.78 is 19.0. The van der Waals surface area contributed by atoms with Crippen molar-refractivity contribution in [2.24, 2.45) is 0 Å². The number of ether oxygens (including phenoxy) is 1. The van der Waals surface area contributed by atoms with E-state index in [1.807, 2.05) is 13.0 Å². The molecule has 0 aliphatic rings. The zero-order valence-electron chi connectivity index (χ0n) is 10.7. The van der Waals surface area contributed by atoms with Crippen molar-refractivity contribution < 1.29 is 9.13 Å². The third-order valence-corrected chi connectivity index (χ3v) is 2.37. The van der Waals surface area contributed by atoms with Crippen LogP contribution in [-0.4, -0.2) is 12.6 Å². The van der Waals surface area contributed by atoms with Gasteiger partial charge in [-0.05, 0) is 24.6 Å². The molecule has 1 rings (SSSR count). The van der Waals surface area contributed by atoms with E-state index in [4.69, 9.17) is 4.74 Å². The van der Waals surface area contributed by atoms with Gasteiger partial charge >= 0.3 is 0 Å². The van der Waals surface area contributed by atoms with Crippen molar-refractivity contribution in [3.05, 3.63) is 41.7 Å². The Hall–Kier alpha value is -1.35. The second-order valence-corrected chi connectivity index (χ2v) is 4.21. The number of hydrogen-bond donors (Lipinski definition) is 1. The highest BCUT2D eigenvalue weighted by Gasteiger charge is 2.07. The SMILES string of the molecule is C=C(OCC)c1ccc(CNC(C)C)cc1F. The molecule has 94 valence electrons. The summed E-state index contributed by atoms with van der Waals surface area (Å²) in [4.78, 5) is 0. The van der Waals surface area contributed by atoms with Crippen LogP contribution in [0.1, 0.15) is 31.9 Å². The molecule has 1 aromatic carbocycles. The van der Waals surface area contributed by atoms with Crippen LogP contribution in [-0.2, 0) is 11.3 Å². The molecule has 3 heteroatoms. The predicted octanol–water partition coefficient (Wildman–Crippen LogP) is 3.33. The Kier molecular flexibility index (Phi) is 5.16. The molecule has 0 aromatic heterocycles. The van der Waals surface area contributed by atoms with E-state index in [2.05, 4.69) is 25.7 Å². The average Bonchev–Trinajstić information content (AvgIpc) is 2.26. The minimum atomic E-state index is -0.286. The first-order chi connectivity index (χ1) is 8.04. The highest BCUT2D eigenvalue weighted by molar-refractivity contribution is 5.58. The molecule has 0 aliphatic carbocycles. The van der Waals surface area contributed by atoms with E-state index < -0.39 is 0 Å². The summed E-state index contributed by atoms with van der Waals surface area (Å²) in [5, 5.41) is 3.24. The van der Waals surface area contributed by atoms with Gasteiger partial charge in [-0.15, -0.1) is 0 Å². The highest BCUT2D eigenvalue weighted by atomic mass is 19.1. The van der Waals surface area contributed by atoms with Crippen LogP contribution in [0, 0.1) is 5.82 Å². The molecule has 2 nitrogen and oxygen atoms in total. The zero-order chi connectivity index (χ0) is 12.8. The standard InChI is InChI=1S/C14H20FNO/c1-5-17-11(4)13-7-6-12(8-14(13)15)9-16-10(2)3/h6-8,10,16H,4-5,9H2,1-3H3. The Balaban J connectivity index is 2.75. The number of halogens is 1. The van der Waals surface area contributed by atoms with E-state index in [0.29, 0.717) is 30.5 Å². The summed E-state index contributed by atoms with van der Waals surface area (Å²) in [7, 11) is 0. The van der Waals surface area contributed by atoms with Crippen molar-refractivity contribution in [1.29, 1.82) is 0 Å². The van der Waals surface area contributed by atoms with Gasteiger partial charge in [-0.3, -0.25) is 0 Å². The summed E-state index contributed by atoms with van der Waals surface area (Å²) >= 11 is 0. The zero-order valence-corrected chi connectivity index (χ0v) is 10.7. The van der Waals surface area contributed by atoms with Crippen molar-refractivity contribution >= 4 is 5.76 Å². The van der Waals surface area contributed by atoms with Crippen LogP contribution in [0.25, 0.3) is 5.76 Å². The fourth-order valence-electron chi connectivity index (χ4n) is 1.47. The first kappa shape index (κ1) is 13.7. The summed E-state index contributed by atoms with van der Waals surface area (Å²) in [6.07, 6.45) is 0. The van der Waals surface area contributed by atoms with Gasteiger partial charge in [0.2, 0.25) is 0 Å². The first-order valence-electron chi connectivity index (χ1n) is 5.88. The monoisotopic (exact) mass is 237 g/mol. The van der Waals surface area contributed by atoms with Crippen molar-refractivity contribution in [3.8, 4) is 0 Å². The molecular formula is C14H20FNO. The molecule has 1 aromatic rings. The third-order valence-electron chi connectivity index (χ3n) is 2.37. The molecule has 0 saturated heterocycles. The van der Waals surface area contributed by atoms with Gasteiger partial charge < -0.3 is 10.1 Å². The van der Waals surface area contributed by atoms with Gasteiger partial charge in [-0.25, -0.2) is 4.39 Å². The van der Waals surface area contributed by atoms with Gasteiger partial charge in [0.05, 0.1) is 12.2 Å². The topological polar surface area (TPSA) is 21.3 Å². The van der Waals surface area contributed by atoms with Crippen LogP contribution in [0.5, 0.6) is 0 Å². The predicted molar refractivity (Wildman–Crippen MR) is 69.0 cm³/mol. The molecule has 0 bridgehead atoms. The van der Waals surface area contributed by atoms with E-state index in [-0.39, 0.29) is 5.82 Å². The first-order valence-corrected chi connectivity index (χ1v) is 5.88. The molecule has 0 heterocycles. The highest BCUT2D eigenvalue weighted by Crippen LogP contribution is 2.19. The Morgan fingerprint density at radius 1 is 1.47 bits per heavy atom. The minimum Gasteiger partial charge on any atom is -0.494 e. The molecule has 0 aliphatic heterocycles. The maximum absolute atomic E-state index is 13.8. The average molecular weight is 237 g/mol. The second kappa shape index (κ2) is 6.40. The Labute approximate surface area is 102 Å². The Bertz CT molecular complexity index is 388. The summed E-state index contributed by atoms with van der Waals surface area (Å²) in [5.74, 6) is 0.0971. The van der Waals surface area contributed by atoms with Crippen LogP contribution >= 0.6 is 0 Å². The minimum absolute atomic E-state index is 0.286. The fourth-order valence-corrected chi connectivity index (χ4v) is 1.47. The van der Waals surface area contributed by atoms with Gasteiger partial charge in [0.25, 0.3) is 0 Å². The summed E-state index contributed by atoms with van der Waals surface area (Å²) in [5.41, 5.74) is 1.35. The lowest BCUT2D eigenvalue weighted by molar-refractivity contribution is 0.297. The van der Waals surface area contributed by atoms with Crippen molar-refractivity contribution in [2.75, 3.05) is 6.61 Å². The summed E-state index contributed by atoms with van der Waals surface area (Å²) in [6.45, 7) is 10.8. The molecule has 0 saturated carbocycles. The molecular weight excluding hydrogens is 217 g/mol. The number of nitrogens with one attached hydrogen (secondary N) is 1. The van der Waals surface area contributed by atoms with E-state index in [9.17, 15) is 4.39 Å². The largest absolute Gasteiger partial charge is 0.494 e. The number of rotatable bonds is 6. The normalized spacial score (nSPS) is 10.6. The lowest BCUT2D eigenvalue weighted by Gasteiger charge is -2.11. The van der Waals surface area contributed by atoms with Gasteiger partial charge in [-0.2, -0.15) is 0 Å². The quantitative estimate of drug-likeness (QED) is 0.766. The Morgan fingerprint density at radius 3 is 2.71 bits per heavy atom. The lowest BCUT2D eigenvalue weighted by atomic mass is 10.1. The van der Waals surface area contributed by atoms with E-state index in [1.54, 1.807) is 6.07 Å². The second-order valence-electron chi connectivity index (χ2n) is 4.21. The van der Waals surface area contributed by atoms with Crippen LogP contribution in [0.3, 0.4) is 0 Å². The molecule has 0 spiro atoms. The maximum atomic E-state index is 13.8. The molecule has 0 radical (unpaired) electrons. The Morgan fingerprint density at radius 2 is 2.18 bits per heavy atom. The van der Waals surface area contributed by atoms with Gasteiger partial charge in [0.15, 0.2) is 0 Å². The van der Waals surface area contributed by atoms with E-state index in [0.717, 1.165) is 5.56 Å². The molecule has 1 N–H and O–H groups in total. The van der Waals surface area contributed by atoms with Crippen LogP contribution in [0.4, 0.5) is 4.39 Å². The van der Waals surface area contributed by atoms with Crippen molar-refractivity contribution in [1.82, 2.24) is 5.32 Å². The van der Waals surface area contributed by atoms with Crippen LogP contribution in [0.2, 0.25) is 0 Å². The van der Waals surface area contributed by atoms with Gasteiger partial charge in [0.1, 0.15) is 11.6 Å². The van der Waals surface area contributed by atoms with Crippen molar-refractivity contribution in [3.63, 3.8) is 0 Å². The lowest BCUT2D eigenvalue weighted by Crippen LogP contribution is -2.21. The van der Waals surface area contributed by atoms with Crippen molar-refractivity contribution in [2.45, 2.75) is 33.4 Å². The van der Waals surface area contributed by atoms with E-state index in [1.165, 1.54) is 6.07 Å². The maximum Gasteiger partial charge on any atom is 0.134 e. The number of benzene rings is 1. The number of hydrogen-bond acceptors (Lipinski definition) is 2. The third kappa shape index (κ3) is 4.19. The fraction of sp³-hybridized carbons (Fsp3) is 0.429. The molecule has 0 atom stereocenters. The summed E-state index contributed by atoms with van der Waals surface area (Å²) in [6, 6.07) is 5.51.